The average Bonchev–Trinajstić information content (AvgIpc) is 2.71. The van der Waals surface area contributed by atoms with Gasteiger partial charge in [-0.15, -0.1) is 0 Å². The number of benzene rings is 1. The lowest BCUT2D eigenvalue weighted by Gasteiger charge is -2.40. The standard InChI is InChI=1S/C22H33FN4O2/c1-17-8-9-19(15-21(17)23)24-22(29)26-12-6-7-20(16-26)27(18(2)28)14-13-25-10-4-3-5-11-25/h8-9,15,20H,3-7,10-14,16H2,1-2H3,(H,24,29). The van der Waals surface area contributed by atoms with Crippen molar-refractivity contribution in [2.45, 2.75) is 52.0 Å². The van der Waals surface area contributed by atoms with E-state index in [-0.39, 0.29) is 23.8 Å². The molecule has 0 spiro atoms. The number of carbonyl (C=O) groups excluding carboxylic acids is 2. The molecule has 2 heterocycles. The number of likely N-dealkylation sites (tertiary alicyclic amines) is 2. The predicted molar refractivity (Wildman–Crippen MR) is 112 cm³/mol. The van der Waals surface area contributed by atoms with Gasteiger partial charge in [-0.3, -0.25) is 4.79 Å². The molecule has 0 bridgehead atoms. The zero-order chi connectivity index (χ0) is 20.8. The molecule has 0 aromatic heterocycles. The monoisotopic (exact) mass is 404 g/mol. The summed E-state index contributed by atoms with van der Waals surface area (Å²) >= 11 is 0. The fourth-order valence-corrected chi connectivity index (χ4v) is 4.30. The molecular formula is C22H33FN4O2. The van der Waals surface area contributed by atoms with Gasteiger partial charge in [0.05, 0.1) is 0 Å². The van der Waals surface area contributed by atoms with Gasteiger partial charge < -0.3 is 20.0 Å². The summed E-state index contributed by atoms with van der Waals surface area (Å²) in [5, 5.41) is 2.79. The lowest BCUT2D eigenvalue weighted by molar-refractivity contribution is -0.132. The van der Waals surface area contributed by atoms with Crippen LogP contribution >= 0.6 is 0 Å². The number of nitrogens with one attached hydrogen (secondary N) is 1. The van der Waals surface area contributed by atoms with E-state index >= 15 is 0 Å². The summed E-state index contributed by atoms with van der Waals surface area (Å²) in [4.78, 5) is 31.1. The number of hydrogen-bond acceptors (Lipinski definition) is 3. The maximum Gasteiger partial charge on any atom is 0.321 e. The Bertz CT molecular complexity index is 721. The van der Waals surface area contributed by atoms with Crippen LogP contribution in [0.2, 0.25) is 0 Å². The summed E-state index contributed by atoms with van der Waals surface area (Å²) in [7, 11) is 0. The molecule has 3 rings (SSSR count). The van der Waals surface area contributed by atoms with Crippen LogP contribution in [-0.2, 0) is 4.79 Å². The molecule has 6 nitrogen and oxygen atoms in total. The molecule has 0 radical (unpaired) electrons. The highest BCUT2D eigenvalue weighted by atomic mass is 19.1. The Morgan fingerprint density at radius 1 is 1.17 bits per heavy atom. The third-order valence-corrected chi connectivity index (χ3v) is 6.06. The smallest absolute Gasteiger partial charge is 0.321 e. The Labute approximate surface area is 173 Å². The second kappa shape index (κ2) is 10.1. The number of halogens is 1. The van der Waals surface area contributed by atoms with Gasteiger partial charge in [0.15, 0.2) is 0 Å². The summed E-state index contributed by atoms with van der Waals surface area (Å²) in [6.07, 6.45) is 5.52. The van der Waals surface area contributed by atoms with Crippen molar-refractivity contribution >= 4 is 17.6 Å². The molecule has 1 N–H and O–H groups in total. The van der Waals surface area contributed by atoms with Crippen LogP contribution in [0.25, 0.3) is 0 Å². The highest BCUT2D eigenvalue weighted by Gasteiger charge is 2.29. The van der Waals surface area contributed by atoms with E-state index in [9.17, 15) is 14.0 Å². The molecule has 2 fully saturated rings. The fourth-order valence-electron chi connectivity index (χ4n) is 4.30. The molecule has 0 aliphatic carbocycles. The molecule has 2 aliphatic heterocycles. The lowest BCUT2D eigenvalue weighted by atomic mass is 10.0. The minimum absolute atomic E-state index is 0.0338. The normalized spacial score (nSPS) is 20.4. The number of hydrogen-bond donors (Lipinski definition) is 1. The highest BCUT2D eigenvalue weighted by molar-refractivity contribution is 5.89. The highest BCUT2D eigenvalue weighted by Crippen LogP contribution is 2.19. The first kappa shape index (κ1) is 21.6. The van der Waals surface area contributed by atoms with Crippen molar-refractivity contribution in [3.05, 3.63) is 29.6 Å². The second-order valence-electron chi connectivity index (χ2n) is 8.25. The van der Waals surface area contributed by atoms with Crippen LogP contribution in [0.3, 0.4) is 0 Å². The van der Waals surface area contributed by atoms with Crippen LogP contribution < -0.4 is 5.32 Å². The van der Waals surface area contributed by atoms with Gasteiger partial charge in [-0.1, -0.05) is 12.5 Å². The third kappa shape index (κ3) is 5.92. The molecule has 160 valence electrons. The molecule has 29 heavy (non-hydrogen) atoms. The van der Waals surface area contributed by atoms with Crippen LogP contribution in [-0.4, -0.2) is 71.9 Å². The molecule has 2 saturated heterocycles. The Balaban J connectivity index is 1.57. The van der Waals surface area contributed by atoms with Gasteiger partial charge in [0.1, 0.15) is 5.82 Å². The lowest BCUT2D eigenvalue weighted by Crippen LogP contribution is -2.53. The van der Waals surface area contributed by atoms with Gasteiger partial charge in [0, 0.05) is 44.8 Å². The molecule has 1 aromatic carbocycles. The summed E-state index contributed by atoms with van der Waals surface area (Å²) in [5.41, 5.74) is 1.00. The van der Waals surface area contributed by atoms with Crippen molar-refractivity contribution < 1.29 is 14.0 Å². The van der Waals surface area contributed by atoms with E-state index in [2.05, 4.69) is 10.2 Å². The minimum atomic E-state index is -0.334. The largest absolute Gasteiger partial charge is 0.337 e. The number of urea groups is 1. The Hall–Kier alpha value is -2.15. The van der Waals surface area contributed by atoms with E-state index in [0.717, 1.165) is 32.5 Å². The molecule has 1 unspecified atom stereocenters. The topological polar surface area (TPSA) is 55.9 Å². The summed E-state index contributed by atoms with van der Waals surface area (Å²) in [5.74, 6) is -0.269. The molecule has 0 saturated carbocycles. The van der Waals surface area contributed by atoms with E-state index in [1.54, 1.807) is 30.9 Å². The van der Waals surface area contributed by atoms with Crippen molar-refractivity contribution in [1.29, 1.82) is 0 Å². The van der Waals surface area contributed by atoms with Crippen molar-refractivity contribution in [3.63, 3.8) is 0 Å². The summed E-state index contributed by atoms with van der Waals surface area (Å²) in [6.45, 7) is 8.29. The van der Waals surface area contributed by atoms with E-state index in [1.807, 2.05) is 4.90 Å². The minimum Gasteiger partial charge on any atom is -0.337 e. The van der Waals surface area contributed by atoms with Gasteiger partial charge in [0.2, 0.25) is 5.91 Å². The molecule has 2 aliphatic rings. The van der Waals surface area contributed by atoms with E-state index in [0.29, 0.717) is 30.9 Å². The van der Waals surface area contributed by atoms with Crippen molar-refractivity contribution in [2.24, 2.45) is 0 Å². The zero-order valence-corrected chi connectivity index (χ0v) is 17.6. The van der Waals surface area contributed by atoms with Crippen molar-refractivity contribution in [1.82, 2.24) is 14.7 Å². The van der Waals surface area contributed by atoms with Crippen LogP contribution in [0.5, 0.6) is 0 Å². The zero-order valence-electron chi connectivity index (χ0n) is 17.6. The number of carbonyl (C=O) groups is 2. The number of aryl methyl sites for hydroxylation is 1. The van der Waals surface area contributed by atoms with Gasteiger partial charge >= 0.3 is 6.03 Å². The average molecular weight is 405 g/mol. The Morgan fingerprint density at radius 2 is 1.93 bits per heavy atom. The van der Waals surface area contributed by atoms with Crippen molar-refractivity contribution in [2.75, 3.05) is 44.6 Å². The molecule has 3 amide bonds. The SMILES string of the molecule is CC(=O)N(CCN1CCCCC1)C1CCCN(C(=O)Nc2ccc(C)c(F)c2)C1. The third-order valence-electron chi connectivity index (χ3n) is 6.06. The number of piperidine rings is 2. The van der Waals surface area contributed by atoms with E-state index in [1.165, 1.54) is 25.3 Å². The fraction of sp³-hybridized carbons (Fsp3) is 0.636. The number of anilines is 1. The number of amides is 3. The summed E-state index contributed by atoms with van der Waals surface area (Å²) in [6, 6.07) is 4.50. The number of rotatable bonds is 5. The molecule has 1 aromatic rings. The number of nitrogens with zero attached hydrogens (tertiary/aromatic N) is 3. The summed E-state index contributed by atoms with van der Waals surface area (Å²) < 4.78 is 13.8. The first-order valence-corrected chi connectivity index (χ1v) is 10.8. The maximum atomic E-state index is 13.8. The van der Waals surface area contributed by atoms with Gasteiger partial charge in [0.25, 0.3) is 0 Å². The predicted octanol–water partition coefficient (Wildman–Crippen LogP) is 3.46. The molecule has 7 heteroatoms. The van der Waals surface area contributed by atoms with Gasteiger partial charge in [-0.25, -0.2) is 9.18 Å². The molecule has 1 atom stereocenters. The molecular weight excluding hydrogens is 371 g/mol. The van der Waals surface area contributed by atoms with Gasteiger partial charge in [-0.2, -0.15) is 0 Å². The van der Waals surface area contributed by atoms with Crippen LogP contribution in [0.15, 0.2) is 18.2 Å². The quantitative estimate of drug-likeness (QED) is 0.818. The van der Waals surface area contributed by atoms with Crippen LogP contribution in [0.1, 0.15) is 44.6 Å². The van der Waals surface area contributed by atoms with Crippen molar-refractivity contribution in [3.8, 4) is 0 Å². The van der Waals surface area contributed by atoms with E-state index in [4.69, 9.17) is 0 Å². The first-order chi connectivity index (χ1) is 13.9. The maximum absolute atomic E-state index is 13.8. The first-order valence-electron chi connectivity index (χ1n) is 10.8. The van der Waals surface area contributed by atoms with Crippen LogP contribution in [0, 0.1) is 12.7 Å². The Kier molecular flexibility index (Phi) is 7.47. The van der Waals surface area contributed by atoms with E-state index < -0.39 is 0 Å². The van der Waals surface area contributed by atoms with Gasteiger partial charge in [-0.05, 0) is 63.4 Å². The second-order valence-corrected chi connectivity index (χ2v) is 8.25. The van der Waals surface area contributed by atoms with Crippen LogP contribution in [0.4, 0.5) is 14.9 Å². The Morgan fingerprint density at radius 3 is 2.62 bits per heavy atom.